The highest BCUT2D eigenvalue weighted by Gasteiger charge is 2.35. The molecule has 0 atom stereocenters. The summed E-state index contributed by atoms with van der Waals surface area (Å²) in [5.41, 5.74) is 3.87. The van der Waals surface area contributed by atoms with Gasteiger partial charge in [-0.2, -0.15) is 18.3 Å². The molecule has 1 saturated carbocycles. The van der Waals surface area contributed by atoms with E-state index in [0.29, 0.717) is 41.3 Å². The molecule has 4 heterocycles. The zero-order valence-electron chi connectivity index (χ0n) is 25.1. The van der Waals surface area contributed by atoms with Crippen LogP contribution in [0.1, 0.15) is 64.1 Å². The van der Waals surface area contributed by atoms with Crippen molar-refractivity contribution in [3.8, 4) is 28.7 Å². The molecule has 0 amide bonds. The number of nitrogens with zero attached hydrogens (tertiary/aromatic N) is 8. The summed E-state index contributed by atoms with van der Waals surface area (Å²) in [6.07, 6.45) is 2.94. The number of aryl methyl sites for hydroxylation is 3. The van der Waals surface area contributed by atoms with Crippen LogP contribution in [0.3, 0.4) is 0 Å². The van der Waals surface area contributed by atoms with Crippen LogP contribution in [0.5, 0.6) is 5.88 Å². The molecule has 210 valence electrons. The van der Waals surface area contributed by atoms with Gasteiger partial charge in [-0.05, 0) is 44.1 Å². The maximum Gasteiger partial charge on any atom is 0.434 e. The van der Waals surface area contributed by atoms with E-state index >= 15 is 0 Å². The van der Waals surface area contributed by atoms with Crippen LogP contribution >= 0.6 is 0 Å². The fourth-order valence-corrected chi connectivity index (χ4v) is 5.52. The molecule has 4 aromatic heterocycles. The third-order valence-electron chi connectivity index (χ3n) is 7.65. The maximum atomic E-state index is 13.2. The molecule has 12 heteroatoms. The quantitative estimate of drug-likeness (QED) is 0.269. The Labute approximate surface area is 237 Å². The largest absolute Gasteiger partial charge is 0.480 e. The Morgan fingerprint density at radius 2 is 1.80 bits per heavy atom. The first-order chi connectivity index (χ1) is 20.9. The Hall–Kier alpha value is -4.35. The number of hydrogen-bond donors (Lipinski definition) is 0. The lowest BCUT2D eigenvalue weighted by Gasteiger charge is -2.12. The molecule has 41 heavy (non-hydrogen) atoms. The van der Waals surface area contributed by atoms with E-state index in [-0.39, 0.29) is 17.6 Å². The van der Waals surface area contributed by atoms with Crippen molar-refractivity contribution in [1.82, 2.24) is 39.3 Å². The molecular weight excluding hydrogens is 533 g/mol. The van der Waals surface area contributed by atoms with Crippen LogP contribution < -0.4 is 4.74 Å². The molecule has 2 aliphatic carbocycles. The average molecular weight is 564 g/mol. The van der Waals surface area contributed by atoms with Gasteiger partial charge in [0.05, 0.1) is 40.2 Å². The van der Waals surface area contributed by atoms with Crippen LogP contribution in [-0.4, -0.2) is 46.3 Å². The molecule has 0 saturated heterocycles. The van der Waals surface area contributed by atoms with E-state index in [1.54, 1.807) is 16.8 Å². The lowest BCUT2D eigenvalue weighted by Crippen LogP contribution is -2.07. The lowest BCUT2D eigenvalue weighted by molar-refractivity contribution is -0.140. The Morgan fingerprint density at radius 1 is 1.02 bits per heavy atom. The van der Waals surface area contributed by atoms with E-state index in [4.69, 9.17) is 23.9 Å². The fourth-order valence-electron chi connectivity index (χ4n) is 5.52. The summed E-state index contributed by atoms with van der Waals surface area (Å²) in [7, 11) is -1.19. The average Bonchev–Trinajstić information content (AvgIpc) is 3.68. The van der Waals surface area contributed by atoms with Crippen molar-refractivity contribution in [3.63, 3.8) is 0 Å². The van der Waals surface area contributed by atoms with E-state index in [2.05, 4.69) is 15.0 Å². The van der Waals surface area contributed by atoms with E-state index in [9.17, 15) is 13.2 Å². The van der Waals surface area contributed by atoms with Gasteiger partial charge in [-0.3, -0.25) is 0 Å². The Kier molecular flexibility index (Phi) is 5.25. The Morgan fingerprint density at radius 3 is 2.51 bits per heavy atom. The van der Waals surface area contributed by atoms with E-state index < -0.39 is 18.9 Å². The van der Waals surface area contributed by atoms with Crippen LogP contribution in [0.4, 0.5) is 13.2 Å². The van der Waals surface area contributed by atoms with E-state index in [1.807, 2.05) is 12.1 Å². The predicted molar refractivity (Wildman–Crippen MR) is 144 cm³/mol. The molecule has 0 N–H and O–H groups in total. The van der Waals surface area contributed by atoms with Crippen molar-refractivity contribution in [2.75, 3.05) is 7.04 Å². The minimum atomic E-state index is -4.53. The number of halogens is 3. The molecule has 7 rings (SSSR count). The summed E-state index contributed by atoms with van der Waals surface area (Å²) in [6, 6.07) is 7.14. The van der Waals surface area contributed by atoms with Gasteiger partial charge in [0.15, 0.2) is 17.2 Å². The molecular formula is C29H27F3N8O. The molecule has 9 nitrogen and oxygen atoms in total. The van der Waals surface area contributed by atoms with Gasteiger partial charge in [0.1, 0.15) is 17.7 Å². The second kappa shape index (κ2) is 9.64. The molecule has 0 spiro atoms. The molecule has 0 radical (unpaired) electrons. The van der Waals surface area contributed by atoms with Gasteiger partial charge in [-0.15, -0.1) is 0 Å². The number of imidazole rings is 1. The zero-order chi connectivity index (χ0) is 30.8. The van der Waals surface area contributed by atoms with Gasteiger partial charge in [-0.25, -0.2) is 29.6 Å². The molecule has 2 aliphatic rings. The Bertz CT molecular complexity index is 1880. The van der Waals surface area contributed by atoms with Crippen molar-refractivity contribution in [3.05, 3.63) is 65.1 Å². The smallest absolute Gasteiger partial charge is 0.434 e. The van der Waals surface area contributed by atoms with Gasteiger partial charge >= 0.3 is 6.18 Å². The topological polar surface area (TPSA) is 96.4 Å². The highest BCUT2D eigenvalue weighted by molar-refractivity contribution is 5.84. The minimum Gasteiger partial charge on any atom is -0.480 e. The molecule has 1 aromatic carbocycles. The second-order valence-electron chi connectivity index (χ2n) is 10.6. The van der Waals surface area contributed by atoms with E-state index in [1.165, 1.54) is 17.9 Å². The summed E-state index contributed by atoms with van der Waals surface area (Å²) in [5.74, 6) is 0.586. The zero-order valence-corrected chi connectivity index (χ0v) is 22.1. The summed E-state index contributed by atoms with van der Waals surface area (Å²) in [4.78, 5) is 22.3. The number of alkyl halides is 3. The fraction of sp³-hybridized carbons (Fsp3) is 0.379. The van der Waals surface area contributed by atoms with Crippen LogP contribution in [0.2, 0.25) is 0 Å². The first-order valence-corrected chi connectivity index (χ1v) is 13.4. The molecule has 1 fully saturated rings. The number of hydrogen-bond acceptors (Lipinski definition) is 7. The number of aromatic nitrogens is 8. The number of ether oxygens (including phenoxy) is 1. The first kappa shape index (κ1) is 22.4. The van der Waals surface area contributed by atoms with Crippen molar-refractivity contribution in [2.24, 2.45) is 7.05 Å². The molecule has 0 unspecified atom stereocenters. The molecule has 5 aromatic rings. The van der Waals surface area contributed by atoms with Gasteiger partial charge in [0.25, 0.3) is 0 Å². The number of benzene rings is 1. The normalized spacial score (nSPS) is 16.7. The number of rotatable bonds is 6. The van der Waals surface area contributed by atoms with Crippen molar-refractivity contribution in [2.45, 2.75) is 57.2 Å². The van der Waals surface area contributed by atoms with Gasteiger partial charge < -0.3 is 9.30 Å². The third kappa shape index (κ3) is 4.60. The summed E-state index contributed by atoms with van der Waals surface area (Å²) in [6.45, 7) is 0.348. The SMILES string of the molecule is [2H]C([2H])([2H])Oc1ncnc(C2CC2)c1-c1nc2c3c(nn(Cc4ccc(-c5nc(C(F)(F)F)cn5C)cc4)c3n1)CCCC2. The number of methoxy groups -OCH3 is 1. The van der Waals surface area contributed by atoms with Crippen molar-refractivity contribution >= 4 is 11.0 Å². The second-order valence-corrected chi connectivity index (χ2v) is 10.6. The van der Waals surface area contributed by atoms with Crippen LogP contribution in [-0.2, 0) is 32.6 Å². The molecule has 0 bridgehead atoms. The van der Waals surface area contributed by atoms with Crippen molar-refractivity contribution in [1.29, 1.82) is 0 Å². The maximum absolute atomic E-state index is 13.2. The summed E-state index contributed by atoms with van der Waals surface area (Å²) in [5, 5.41) is 5.79. The third-order valence-corrected chi connectivity index (χ3v) is 7.65. The van der Waals surface area contributed by atoms with Gasteiger partial charge in [0, 0.05) is 24.7 Å². The lowest BCUT2D eigenvalue weighted by atomic mass is 10.1. The van der Waals surface area contributed by atoms with Crippen LogP contribution in [0.15, 0.2) is 36.8 Å². The van der Waals surface area contributed by atoms with Crippen LogP contribution in [0.25, 0.3) is 33.8 Å². The monoisotopic (exact) mass is 563 g/mol. The van der Waals surface area contributed by atoms with Gasteiger partial charge in [-0.1, -0.05) is 24.3 Å². The van der Waals surface area contributed by atoms with Crippen LogP contribution in [0, 0.1) is 0 Å². The highest BCUT2D eigenvalue weighted by Crippen LogP contribution is 2.45. The highest BCUT2D eigenvalue weighted by atomic mass is 19.4. The molecule has 0 aliphatic heterocycles. The first-order valence-electron chi connectivity index (χ1n) is 14.9. The Balaban J connectivity index is 1.29. The van der Waals surface area contributed by atoms with E-state index in [0.717, 1.165) is 60.6 Å². The summed E-state index contributed by atoms with van der Waals surface area (Å²) < 4.78 is 71.1. The van der Waals surface area contributed by atoms with Gasteiger partial charge in [0.2, 0.25) is 5.88 Å². The minimum absolute atomic E-state index is 0.0769. The van der Waals surface area contributed by atoms with Crippen molar-refractivity contribution < 1.29 is 22.0 Å². The summed E-state index contributed by atoms with van der Waals surface area (Å²) >= 11 is 0. The standard InChI is InChI=1S/C29H27F3N8O/c1-39-14-21(29(30,31)32)36-26(39)18-9-7-16(8-10-18)13-40-27-22-19(5-3-4-6-20(22)38-40)35-25(37-27)23-24(17-11-12-17)33-15-34-28(23)41-2/h7-10,14-15,17H,3-6,11-13H2,1-2H3/i2D3. The predicted octanol–water partition coefficient (Wildman–Crippen LogP) is 5.52.